The van der Waals surface area contributed by atoms with Gasteiger partial charge in [0.15, 0.2) is 0 Å². The molecule has 23 heavy (non-hydrogen) atoms. The van der Waals surface area contributed by atoms with Crippen LogP contribution in [-0.2, 0) is 19.1 Å². The molecule has 0 spiro atoms. The molecular formula is C16H19NO5S. The first-order valence-corrected chi connectivity index (χ1v) is 7.78. The second-order valence-corrected chi connectivity index (χ2v) is 6.06. The number of carboxylic acids is 1. The van der Waals surface area contributed by atoms with E-state index >= 15 is 0 Å². The Morgan fingerprint density at radius 2 is 1.96 bits per heavy atom. The standard InChI is InChI=1S/C16H19NO5S/c1-16(15(21)22-2)8-11(14(19)20)17(12(18)9-23)13(16)10-6-4-3-5-7-10/h3-7,11,13,23H,8-9H2,1-2H3,(H,19,20)/t11-,13-,16-/m0/s1. The van der Waals surface area contributed by atoms with Crippen LogP contribution < -0.4 is 0 Å². The molecule has 1 saturated heterocycles. The van der Waals surface area contributed by atoms with Gasteiger partial charge in [-0.2, -0.15) is 12.6 Å². The lowest BCUT2D eigenvalue weighted by molar-refractivity contribution is -0.154. The number of carbonyl (C=O) groups is 3. The van der Waals surface area contributed by atoms with Gasteiger partial charge in [0.1, 0.15) is 6.04 Å². The molecule has 0 aliphatic carbocycles. The SMILES string of the molecule is COC(=O)[C@@]1(C)C[C@@H](C(=O)O)N(C(=O)CS)[C@H]1c1ccccc1. The van der Waals surface area contributed by atoms with Crippen molar-refractivity contribution in [1.29, 1.82) is 0 Å². The van der Waals surface area contributed by atoms with Crippen LogP contribution in [0.1, 0.15) is 24.9 Å². The number of thiol groups is 1. The van der Waals surface area contributed by atoms with Crippen molar-refractivity contribution in [2.75, 3.05) is 12.9 Å². The number of hydrogen-bond acceptors (Lipinski definition) is 5. The van der Waals surface area contributed by atoms with E-state index in [4.69, 9.17) is 4.74 Å². The number of nitrogens with zero attached hydrogens (tertiary/aromatic N) is 1. The van der Waals surface area contributed by atoms with E-state index in [2.05, 4.69) is 12.6 Å². The van der Waals surface area contributed by atoms with Gasteiger partial charge in [-0.25, -0.2) is 4.79 Å². The largest absolute Gasteiger partial charge is 0.480 e. The fourth-order valence-electron chi connectivity index (χ4n) is 3.30. The molecule has 7 heteroatoms. The van der Waals surface area contributed by atoms with Gasteiger partial charge >= 0.3 is 11.9 Å². The molecule has 1 aliphatic heterocycles. The summed E-state index contributed by atoms with van der Waals surface area (Å²) < 4.78 is 4.89. The maximum absolute atomic E-state index is 12.4. The number of hydrogen-bond donors (Lipinski definition) is 2. The van der Waals surface area contributed by atoms with Gasteiger partial charge in [-0.3, -0.25) is 9.59 Å². The molecular weight excluding hydrogens is 318 g/mol. The number of carboxylic acid groups (broad SMARTS) is 1. The first kappa shape index (κ1) is 17.3. The highest BCUT2D eigenvalue weighted by Gasteiger charge is 2.58. The van der Waals surface area contributed by atoms with E-state index in [0.717, 1.165) is 0 Å². The third-order valence-electron chi connectivity index (χ3n) is 4.31. The summed E-state index contributed by atoms with van der Waals surface area (Å²) >= 11 is 3.98. The van der Waals surface area contributed by atoms with Crippen molar-refractivity contribution in [2.45, 2.75) is 25.4 Å². The molecule has 1 amide bonds. The van der Waals surface area contributed by atoms with Crippen LogP contribution in [-0.4, -0.2) is 46.8 Å². The second kappa shape index (κ2) is 6.62. The highest BCUT2D eigenvalue weighted by Crippen LogP contribution is 2.50. The summed E-state index contributed by atoms with van der Waals surface area (Å²) in [5, 5.41) is 9.51. The molecule has 6 nitrogen and oxygen atoms in total. The smallest absolute Gasteiger partial charge is 0.326 e. The number of benzene rings is 1. The summed E-state index contributed by atoms with van der Waals surface area (Å²) in [6.07, 6.45) is -0.00587. The monoisotopic (exact) mass is 337 g/mol. The molecule has 1 N–H and O–H groups in total. The van der Waals surface area contributed by atoms with Gasteiger partial charge in [0.25, 0.3) is 0 Å². The Labute approximate surface area is 139 Å². The normalized spacial score (nSPS) is 26.8. The highest BCUT2D eigenvalue weighted by atomic mass is 32.1. The molecule has 1 aliphatic rings. The Morgan fingerprint density at radius 3 is 2.43 bits per heavy atom. The van der Waals surface area contributed by atoms with E-state index in [-0.39, 0.29) is 12.2 Å². The van der Waals surface area contributed by atoms with Crippen molar-refractivity contribution in [2.24, 2.45) is 5.41 Å². The number of methoxy groups -OCH3 is 1. The summed E-state index contributed by atoms with van der Waals surface area (Å²) in [4.78, 5) is 37.6. The molecule has 1 fully saturated rings. The predicted molar refractivity (Wildman–Crippen MR) is 86.0 cm³/mol. The number of likely N-dealkylation sites (tertiary alicyclic amines) is 1. The Morgan fingerprint density at radius 1 is 1.35 bits per heavy atom. The Bertz CT molecular complexity index is 620. The maximum Gasteiger partial charge on any atom is 0.326 e. The van der Waals surface area contributed by atoms with Crippen molar-refractivity contribution in [1.82, 2.24) is 4.90 Å². The number of carbonyl (C=O) groups excluding carboxylic acids is 2. The summed E-state index contributed by atoms with van der Waals surface area (Å²) in [5.41, 5.74) is -0.447. The fourth-order valence-corrected chi connectivity index (χ4v) is 3.46. The summed E-state index contributed by atoms with van der Waals surface area (Å²) in [7, 11) is 1.26. The van der Waals surface area contributed by atoms with E-state index in [1.807, 2.05) is 6.07 Å². The average Bonchev–Trinajstić information content (AvgIpc) is 2.89. The van der Waals surface area contributed by atoms with Crippen molar-refractivity contribution in [3.05, 3.63) is 35.9 Å². The molecule has 0 saturated carbocycles. The molecule has 0 radical (unpaired) electrons. The lowest BCUT2D eigenvalue weighted by atomic mass is 9.78. The summed E-state index contributed by atoms with van der Waals surface area (Å²) in [6, 6.07) is 7.12. The molecule has 0 bridgehead atoms. The van der Waals surface area contributed by atoms with E-state index in [1.165, 1.54) is 12.0 Å². The van der Waals surface area contributed by atoms with Gasteiger partial charge in [0.05, 0.1) is 24.3 Å². The maximum atomic E-state index is 12.4. The summed E-state index contributed by atoms with van der Waals surface area (Å²) in [6.45, 7) is 1.64. The van der Waals surface area contributed by atoms with Crippen LogP contribution in [0.5, 0.6) is 0 Å². The summed E-state index contributed by atoms with van der Waals surface area (Å²) in [5.74, 6) is -2.24. The van der Waals surface area contributed by atoms with Crippen molar-refractivity contribution in [3.63, 3.8) is 0 Å². The third kappa shape index (κ3) is 2.93. The third-order valence-corrected chi connectivity index (χ3v) is 4.58. The first-order valence-electron chi connectivity index (χ1n) is 7.15. The molecule has 124 valence electrons. The molecule has 0 unspecified atom stereocenters. The fraction of sp³-hybridized carbons (Fsp3) is 0.438. The van der Waals surface area contributed by atoms with E-state index in [9.17, 15) is 19.5 Å². The highest BCUT2D eigenvalue weighted by molar-refractivity contribution is 7.81. The van der Waals surface area contributed by atoms with E-state index < -0.39 is 35.3 Å². The Balaban J connectivity index is 2.61. The minimum Gasteiger partial charge on any atom is -0.480 e. The van der Waals surface area contributed by atoms with Gasteiger partial charge in [-0.05, 0) is 18.9 Å². The zero-order valence-corrected chi connectivity index (χ0v) is 13.8. The van der Waals surface area contributed by atoms with Crippen LogP contribution in [0.15, 0.2) is 30.3 Å². The van der Waals surface area contributed by atoms with Gasteiger partial charge in [0, 0.05) is 0 Å². The number of esters is 1. The number of rotatable bonds is 4. The minimum atomic E-state index is -1.14. The lowest BCUT2D eigenvalue weighted by Gasteiger charge is -2.34. The second-order valence-electron chi connectivity index (χ2n) is 5.74. The van der Waals surface area contributed by atoms with Crippen LogP contribution in [0.3, 0.4) is 0 Å². The van der Waals surface area contributed by atoms with E-state index in [1.54, 1.807) is 31.2 Å². The zero-order chi connectivity index (χ0) is 17.2. The van der Waals surface area contributed by atoms with Gasteiger partial charge < -0.3 is 14.7 Å². The zero-order valence-electron chi connectivity index (χ0n) is 12.9. The molecule has 1 aromatic carbocycles. The number of aliphatic carboxylic acids is 1. The molecule has 2 rings (SSSR count). The van der Waals surface area contributed by atoms with Crippen molar-refractivity contribution in [3.8, 4) is 0 Å². The lowest BCUT2D eigenvalue weighted by Crippen LogP contribution is -2.44. The molecule has 0 aromatic heterocycles. The van der Waals surface area contributed by atoms with Crippen LogP contribution in [0.25, 0.3) is 0 Å². The van der Waals surface area contributed by atoms with Gasteiger partial charge in [-0.1, -0.05) is 30.3 Å². The predicted octanol–water partition coefficient (Wildman–Crippen LogP) is 1.52. The number of amides is 1. The number of ether oxygens (including phenoxy) is 1. The van der Waals surface area contributed by atoms with Crippen LogP contribution in [0.4, 0.5) is 0 Å². The Kier molecular flexibility index (Phi) is 4.99. The first-order chi connectivity index (χ1) is 10.9. The average molecular weight is 337 g/mol. The van der Waals surface area contributed by atoms with E-state index in [0.29, 0.717) is 5.56 Å². The molecule has 1 aromatic rings. The Hall–Kier alpha value is -2.02. The molecule has 1 heterocycles. The van der Waals surface area contributed by atoms with Gasteiger partial charge in [0.2, 0.25) is 5.91 Å². The van der Waals surface area contributed by atoms with Crippen molar-refractivity contribution >= 4 is 30.5 Å². The van der Waals surface area contributed by atoms with Crippen LogP contribution in [0, 0.1) is 5.41 Å². The van der Waals surface area contributed by atoms with Crippen LogP contribution in [0.2, 0.25) is 0 Å². The quantitative estimate of drug-likeness (QED) is 0.643. The molecule has 3 atom stereocenters. The van der Waals surface area contributed by atoms with Gasteiger partial charge in [-0.15, -0.1) is 0 Å². The topological polar surface area (TPSA) is 83.9 Å². The van der Waals surface area contributed by atoms with Crippen LogP contribution >= 0.6 is 12.6 Å². The minimum absolute atomic E-state index is 0.00587. The van der Waals surface area contributed by atoms with Crippen molar-refractivity contribution < 1.29 is 24.2 Å².